The Morgan fingerprint density at radius 1 is 1.30 bits per heavy atom. The molecule has 23 heavy (non-hydrogen) atoms. The smallest absolute Gasteiger partial charge is 0.339 e. The summed E-state index contributed by atoms with van der Waals surface area (Å²) in [4.78, 5) is 12.2. The lowest BCUT2D eigenvalue weighted by atomic mass is 10.2. The van der Waals surface area contributed by atoms with Crippen LogP contribution in [0.5, 0.6) is 11.5 Å². The summed E-state index contributed by atoms with van der Waals surface area (Å²) in [5.41, 5.74) is -0.147. The van der Waals surface area contributed by atoms with Crippen LogP contribution in [0.3, 0.4) is 0 Å². The average molecular weight is 336 g/mol. The number of carboxylic acid groups (broad SMARTS) is 1. The van der Waals surface area contributed by atoms with Gasteiger partial charge >= 0.3 is 5.97 Å². The number of methoxy groups -OCH3 is 1. The van der Waals surface area contributed by atoms with Gasteiger partial charge in [-0.3, -0.25) is 0 Å². The van der Waals surface area contributed by atoms with Gasteiger partial charge in [0.2, 0.25) is 0 Å². The molecule has 2 bridgehead atoms. The van der Waals surface area contributed by atoms with E-state index in [9.17, 15) is 9.00 Å². The zero-order chi connectivity index (χ0) is 17.0. The molecule has 0 radical (unpaired) electrons. The minimum absolute atomic E-state index is 0.147. The fourth-order valence-corrected chi connectivity index (χ4v) is 3.16. The van der Waals surface area contributed by atoms with Crippen LogP contribution in [0, 0.1) is 0 Å². The lowest BCUT2D eigenvalue weighted by molar-refractivity contribution is 0.0693. The summed E-state index contributed by atoms with van der Waals surface area (Å²) in [6.45, 7) is 2.26. The van der Waals surface area contributed by atoms with Crippen molar-refractivity contribution in [2.45, 2.75) is 6.92 Å². The number of hydrogen-bond acceptors (Lipinski definition) is 5. The van der Waals surface area contributed by atoms with Crippen LogP contribution in [0.2, 0.25) is 0 Å². The van der Waals surface area contributed by atoms with E-state index in [-0.39, 0.29) is 11.3 Å². The van der Waals surface area contributed by atoms with Crippen LogP contribution in [0.1, 0.15) is 17.3 Å². The molecular formula is C16H16O6S. The van der Waals surface area contributed by atoms with E-state index in [1.807, 2.05) is 18.2 Å². The molecule has 0 saturated heterocycles. The van der Waals surface area contributed by atoms with Gasteiger partial charge in [-0.05, 0) is 43.4 Å². The van der Waals surface area contributed by atoms with Crippen LogP contribution in [0.25, 0.3) is 0 Å². The van der Waals surface area contributed by atoms with E-state index < -0.39 is 16.8 Å². The van der Waals surface area contributed by atoms with E-state index in [0.717, 1.165) is 15.6 Å². The van der Waals surface area contributed by atoms with Crippen LogP contribution in [-0.4, -0.2) is 34.1 Å². The monoisotopic (exact) mass is 336 g/mol. The molecular weight excluding hydrogens is 320 g/mol. The Kier molecular flexibility index (Phi) is 5.23. The molecule has 2 heterocycles. The van der Waals surface area contributed by atoms with E-state index in [2.05, 4.69) is 0 Å². The number of aromatic hydroxyl groups is 1. The predicted octanol–water partition coefficient (Wildman–Crippen LogP) is 2.55. The Hall–Kier alpha value is -2.54. The van der Waals surface area contributed by atoms with Crippen molar-refractivity contribution in [3.8, 4) is 11.5 Å². The standard InChI is InChI=1S/C9H10O4.C7H6O2S/c1-2-13-6-3-4-8(10)7(5-6)9(11)12;1-9-6-4-5-2-3-7(6)10(5)8/h3-5,10H,2H2,1H3,(H,11,12);2-4H,1H3. The highest BCUT2D eigenvalue weighted by Gasteiger charge is 2.26. The molecule has 1 aromatic carbocycles. The molecule has 0 fully saturated rings. The van der Waals surface area contributed by atoms with Gasteiger partial charge in [-0.25, -0.2) is 9.00 Å². The number of phenols is 1. The first-order valence-electron chi connectivity index (χ1n) is 6.76. The molecule has 1 unspecified atom stereocenters. The fourth-order valence-electron chi connectivity index (χ4n) is 1.99. The lowest BCUT2D eigenvalue weighted by Crippen LogP contribution is -1.98. The van der Waals surface area contributed by atoms with Crippen LogP contribution in [-0.2, 0) is 15.5 Å². The maximum absolute atomic E-state index is 11.2. The highest BCUT2D eigenvalue weighted by molar-refractivity contribution is 7.94. The lowest BCUT2D eigenvalue weighted by Gasteiger charge is -2.04. The summed E-state index contributed by atoms with van der Waals surface area (Å²) in [5, 5.41) is 17.8. The topological polar surface area (TPSA) is 93.1 Å². The van der Waals surface area contributed by atoms with Crippen molar-refractivity contribution in [3.05, 3.63) is 57.6 Å². The number of allylic oxidation sites excluding steroid dienone is 3. The van der Waals surface area contributed by atoms with Crippen LogP contribution in [0.4, 0.5) is 0 Å². The summed E-state index contributed by atoms with van der Waals surface area (Å²) < 4.78 is 21.2. The van der Waals surface area contributed by atoms with E-state index in [1.54, 1.807) is 14.0 Å². The Labute approximate surface area is 135 Å². The number of carboxylic acids is 1. The van der Waals surface area contributed by atoms with Crippen LogP contribution in [0.15, 0.2) is 52.0 Å². The largest absolute Gasteiger partial charge is 0.507 e. The van der Waals surface area contributed by atoms with Crippen molar-refractivity contribution < 1.29 is 28.7 Å². The molecule has 1 aromatic rings. The highest BCUT2D eigenvalue weighted by Crippen LogP contribution is 2.33. The molecule has 6 nitrogen and oxygen atoms in total. The summed E-state index contributed by atoms with van der Waals surface area (Å²) >= 11 is 0. The summed E-state index contributed by atoms with van der Waals surface area (Å²) in [5.74, 6) is -0.233. The minimum atomic E-state index is -1.17. The molecule has 1 atom stereocenters. The van der Waals surface area contributed by atoms with Gasteiger partial charge in [-0.1, -0.05) is 0 Å². The molecule has 0 spiro atoms. The number of carbonyl (C=O) groups is 1. The third kappa shape index (κ3) is 3.62. The van der Waals surface area contributed by atoms with Crippen molar-refractivity contribution in [3.63, 3.8) is 0 Å². The second-order valence-electron chi connectivity index (χ2n) is 4.50. The normalized spacial score (nSPS) is 17.5. The Balaban J connectivity index is 0.000000172. The summed E-state index contributed by atoms with van der Waals surface area (Å²) in [6.07, 6.45) is 5.50. The summed E-state index contributed by atoms with van der Waals surface area (Å²) in [7, 11) is 0.662. The molecule has 2 N–H and O–H groups in total. The number of aromatic carboxylic acids is 1. The van der Waals surface area contributed by atoms with E-state index >= 15 is 0 Å². The zero-order valence-corrected chi connectivity index (χ0v) is 13.4. The second-order valence-corrected chi connectivity index (χ2v) is 5.95. The molecule has 3 rings (SSSR count). The molecule has 0 saturated carbocycles. The van der Waals surface area contributed by atoms with Gasteiger partial charge in [0, 0.05) is 4.91 Å². The maximum atomic E-state index is 11.2. The number of hydrogen-bond donors (Lipinski definition) is 2. The number of benzene rings is 1. The molecule has 7 heteroatoms. The first kappa shape index (κ1) is 16.8. The van der Waals surface area contributed by atoms with Crippen molar-refractivity contribution in [1.29, 1.82) is 0 Å². The number of fused-ring (bicyclic) bond motifs is 2. The van der Waals surface area contributed by atoms with Gasteiger partial charge in [-0.2, -0.15) is 0 Å². The molecule has 2 aliphatic rings. The first-order valence-corrected chi connectivity index (χ1v) is 7.91. The molecule has 0 amide bonds. The van der Waals surface area contributed by atoms with Crippen molar-refractivity contribution >= 4 is 16.8 Å². The number of ether oxygens (including phenoxy) is 2. The number of rotatable bonds is 4. The van der Waals surface area contributed by atoms with Crippen molar-refractivity contribution in [1.82, 2.24) is 0 Å². The van der Waals surface area contributed by atoms with Gasteiger partial charge in [0.15, 0.2) is 0 Å². The minimum Gasteiger partial charge on any atom is -0.507 e. The Morgan fingerprint density at radius 3 is 2.48 bits per heavy atom. The molecule has 122 valence electrons. The van der Waals surface area contributed by atoms with Gasteiger partial charge in [-0.15, -0.1) is 0 Å². The quantitative estimate of drug-likeness (QED) is 0.878. The van der Waals surface area contributed by atoms with Gasteiger partial charge in [0.1, 0.15) is 22.8 Å². The van der Waals surface area contributed by atoms with E-state index in [1.165, 1.54) is 18.2 Å². The third-order valence-electron chi connectivity index (χ3n) is 3.06. The van der Waals surface area contributed by atoms with E-state index in [0.29, 0.717) is 12.4 Å². The first-order chi connectivity index (χ1) is 11.0. The van der Waals surface area contributed by atoms with Gasteiger partial charge in [0.05, 0.1) is 29.4 Å². The third-order valence-corrected chi connectivity index (χ3v) is 4.48. The highest BCUT2D eigenvalue weighted by atomic mass is 32.2. The molecule has 2 aliphatic heterocycles. The SMILES string of the molecule is CCOc1ccc(O)c(C(=O)O)c1.COC1=C2C=CC(=C1)S2=O. The van der Waals surface area contributed by atoms with Crippen LogP contribution >= 0.6 is 0 Å². The summed E-state index contributed by atoms with van der Waals surface area (Å²) in [6, 6.07) is 4.11. The van der Waals surface area contributed by atoms with Crippen LogP contribution < -0.4 is 4.74 Å². The second kappa shape index (κ2) is 7.15. The van der Waals surface area contributed by atoms with Crippen molar-refractivity contribution in [2.75, 3.05) is 13.7 Å². The van der Waals surface area contributed by atoms with Gasteiger partial charge < -0.3 is 19.7 Å². The predicted molar refractivity (Wildman–Crippen MR) is 85.6 cm³/mol. The Morgan fingerprint density at radius 2 is 2.04 bits per heavy atom. The maximum Gasteiger partial charge on any atom is 0.339 e. The zero-order valence-electron chi connectivity index (χ0n) is 12.6. The molecule has 0 aromatic heterocycles. The Bertz CT molecular complexity index is 745. The van der Waals surface area contributed by atoms with Crippen molar-refractivity contribution in [2.24, 2.45) is 0 Å². The average Bonchev–Trinajstić information content (AvgIpc) is 3.04. The fraction of sp³-hybridized carbons (Fsp3) is 0.188. The van der Waals surface area contributed by atoms with E-state index in [4.69, 9.17) is 19.7 Å². The van der Waals surface area contributed by atoms with Gasteiger partial charge in [0.25, 0.3) is 0 Å². The molecule has 0 aliphatic carbocycles.